The van der Waals surface area contributed by atoms with Crippen molar-refractivity contribution in [3.05, 3.63) is 45.7 Å². The third-order valence-electron chi connectivity index (χ3n) is 6.00. The Morgan fingerprint density at radius 1 is 1.33 bits per heavy atom. The molecule has 0 saturated heterocycles. The van der Waals surface area contributed by atoms with Crippen molar-refractivity contribution >= 4 is 35.1 Å². The van der Waals surface area contributed by atoms with Gasteiger partial charge in [0.1, 0.15) is 34.8 Å². The number of amides is 2. The highest BCUT2D eigenvalue weighted by Gasteiger charge is 2.48. The van der Waals surface area contributed by atoms with Crippen LogP contribution in [0, 0.1) is 0 Å². The van der Waals surface area contributed by atoms with Gasteiger partial charge >= 0.3 is 6.09 Å². The maximum Gasteiger partial charge on any atom is 0.410 e. The molecule has 1 spiro atoms. The van der Waals surface area contributed by atoms with Crippen LogP contribution in [0.1, 0.15) is 56.9 Å². The lowest BCUT2D eigenvalue weighted by Crippen LogP contribution is -2.53. The molecule has 0 atom stereocenters. The number of halogens is 1. The number of rotatable bonds is 3. The molecule has 2 amide bonds. The van der Waals surface area contributed by atoms with Crippen molar-refractivity contribution in [2.45, 2.75) is 63.8 Å². The second-order valence-electron chi connectivity index (χ2n) is 9.42. The van der Waals surface area contributed by atoms with E-state index in [1.165, 1.54) is 17.0 Å². The monoisotopic (exact) mass is 474 g/mol. The Morgan fingerprint density at radius 3 is 2.64 bits per heavy atom. The minimum Gasteiger partial charge on any atom is -0.444 e. The fourth-order valence-electron chi connectivity index (χ4n) is 4.42. The van der Waals surface area contributed by atoms with Crippen LogP contribution >= 0.6 is 11.6 Å². The van der Waals surface area contributed by atoms with Gasteiger partial charge in [0, 0.05) is 19.3 Å². The lowest BCUT2D eigenvalue weighted by Gasteiger charge is -2.41. The normalized spacial score (nSPS) is 22.0. The SMILES string of the molecule is CN(C(=O)OC(C)(C)C)C1CCC2(CC1)NC(=O)c1c(Cl)cc(Nc3ccncn3)c(=O)n12. The van der Waals surface area contributed by atoms with Crippen molar-refractivity contribution < 1.29 is 14.3 Å². The number of nitrogens with zero attached hydrogens (tertiary/aromatic N) is 4. The molecule has 0 unspecified atom stereocenters. The van der Waals surface area contributed by atoms with Crippen LogP contribution in [0.5, 0.6) is 0 Å². The zero-order valence-electron chi connectivity index (χ0n) is 19.0. The molecular formula is C22H27ClN6O4. The van der Waals surface area contributed by atoms with E-state index in [1.807, 2.05) is 20.8 Å². The van der Waals surface area contributed by atoms with Gasteiger partial charge in [-0.25, -0.2) is 14.8 Å². The van der Waals surface area contributed by atoms with Gasteiger partial charge in [0.25, 0.3) is 11.5 Å². The largest absolute Gasteiger partial charge is 0.444 e. The molecule has 0 radical (unpaired) electrons. The number of hydrogen-bond donors (Lipinski definition) is 2. The van der Waals surface area contributed by atoms with Crippen LogP contribution in [-0.2, 0) is 10.4 Å². The van der Waals surface area contributed by atoms with E-state index in [2.05, 4.69) is 20.6 Å². The molecule has 1 aliphatic carbocycles. The molecule has 2 aromatic rings. The van der Waals surface area contributed by atoms with E-state index in [4.69, 9.17) is 16.3 Å². The molecule has 2 aliphatic rings. The summed E-state index contributed by atoms with van der Waals surface area (Å²) in [4.78, 5) is 48.2. The molecule has 0 bridgehead atoms. The molecule has 1 aliphatic heterocycles. The maximum absolute atomic E-state index is 13.4. The number of anilines is 2. The van der Waals surface area contributed by atoms with Gasteiger partial charge < -0.3 is 20.3 Å². The highest BCUT2D eigenvalue weighted by Crippen LogP contribution is 2.40. The highest BCUT2D eigenvalue weighted by molar-refractivity contribution is 6.34. The van der Waals surface area contributed by atoms with Crippen molar-refractivity contribution in [3.63, 3.8) is 0 Å². The van der Waals surface area contributed by atoms with Gasteiger partial charge in [-0.2, -0.15) is 0 Å². The van der Waals surface area contributed by atoms with Gasteiger partial charge in [-0.05, 0) is 58.6 Å². The van der Waals surface area contributed by atoms with Gasteiger partial charge in [0.2, 0.25) is 0 Å². The maximum atomic E-state index is 13.4. The molecule has 4 rings (SSSR count). The second kappa shape index (κ2) is 8.33. The molecule has 33 heavy (non-hydrogen) atoms. The first-order chi connectivity index (χ1) is 15.5. The summed E-state index contributed by atoms with van der Waals surface area (Å²) < 4.78 is 6.94. The number of carbonyl (C=O) groups excluding carboxylic acids is 2. The van der Waals surface area contributed by atoms with E-state index < -0.39 is 17.4 Å². The number of nitrogens with one attached hydrogen (secondary N) is 2. The molecule has 176 valence electrons. The summed E-state index contributed by atoms with van der Waals surface area (Å²) in [6, 6.07) is 3.00. The minimum atomic E-state index is -0.901. The van der Waals surface area contributed by atoms with Crippen LogP contribution in [0.2, 0.25) is 5.02 Å². The lowest BCUT2D eigenvalue weighted by atomic mass is 9.85. The van der Waals surface area contributed by atoms with Gasteiger partial charge in [-0.1, -0.05) is 11.6 Å². The van der Waals surface area contributed by atoms with Crippen LogP contribution in [0.15, 0.2) is 29.5 Å². The zero-order valence-corrected chi connectivity index (χ0v) is 19.8. The number of aromatic nitrogens is 3. The Labute approximate surface area is 196 Å². The van der Waals surface area contributed by atoms with Crippen LogP contribution in [0.25, 0.3) is 0 Å². The molecule has 10 nitrogen and oxygen atoms in total. The van der Waals surface area contributed by atoms with Crippen molar-refractivity contribution in [1.82, 2.24) is 24.8 Å². The van der Waals surface area contributed by atoms with E-state index in [9.17, 15) is 14.4 Å². The Hall–Kier alpha value is -3.14. The molecule has 1 fully saturated rings. The Morgan fingerprint density at radius 2 is 2.03 bits per heavy atom. The summed E-state index contributed by atoms with van der Waals surface area (Å²) in [5, 5.41) is 6.13. The van der Waals surface area contributed by atoms with Crippen molar-refractivity contribution in [3.8, 4) is 0 Å². The van der Waals surface area contributed by atoms with E-state index in [-0.39, 0.29) is 33.9 Å². The molecule has 2 aromatic heterocycles. The quantitative estimate of drug-likeness (QED) is 0.700. The van der Waals surface area contributed by atoms with E-state index in [1.54, 1.807) is 24.2 Å². The fraction of sp³-hybridized carbons (Fsp3) is 0.500. The predicted molar refractivity (Wildman–Crippen MR) is 123 cm³/mol. The van der Waals surface area contributed by atoms with Crippen molar-refractivity contribution in [2.24, 2.45) is 0 Å². The van der Waals surface area contributed by atoms with Gasteiger partial charge in [-0.15, -0.1) is 0 Å². The number of pyridine rings is 1. The first kappa shape index (κ1) is 23.0. The zero-order chi connectivity index (χ0) is 24.0. The first-order valence-electron chi connectivity index (χ1n) is 10.8. The minimum absolute atomic E-state index is 0.0695. The molecule has 11 heteroatoms. The van der Waals surface area contributed by atoms with Crippen molar-refractivity contribution in [1.29, 1.82) is 0 Å². The topological polar surface area (TPSA) is 118 Å². The Kier molecular flexibility index (Phi) is 5.81. The van der Waals surface area contributed by atoms with E-state index in [0.29, 0.717) is 31.5 Å². The standard InChI is InChI=1S/C22H27ClN6O4/c1-21(2,3)33-20(32)28(4)13-5-8-22(9-6-13)27-18(30)17-14(23)11-15(19(31)29(17)22)26-16-7-10-24-12-25-16/h7,10-13H,5-6,8-9H2,1-4H3,(H,27,30)(H,24,25,26). The predicted octanol–water partition coefficient (Wildman–Crippen LogP) is 3.24. The second-order valence-corrected chi connectivity index (χ2v) is 9.83. The third kappa shape index (κ3) is 4.39. The summed E-state index contributed by atoms with van der Waals surface area (Å²) in [5.41, 5.74) is -1.50. The fourth-order valence-corrected chi connectivity index (χ4v) is 4.70. The molecule has 1 saturated carbocycles. The third-order valence-corrected chi connectivity index (χ3v) is 6.29. The lowest BCUT2D eigenvalue weighted by molar-refractivity contribution is 0.0119. The summed E-state index contributed by atoms with van der Waals surface area (Å²) in [5.74, 6) is 0.0531. The summed E-state index contributed by atoms with van der Waals surface area (Å²) in [6.45, 7) is 5.47. The van der Waals surface area contributed by atoms with Gasteiger partial charge in [0.05, 0.1) is 5.02 Å². The van der Waals surface area contributed by atoms with Gasteiger partial charge in [0.15, 0.2) is 0 Å². The Bertz CT molecular complexity index is 1140. The molecule has 2 N–H and O–H groups in total. The number of fused-ring (bicyclic) bond motifs is 2. The molecular weight excluding hydrogens is 448 g/mol. The first-order valence-corrected chi connectivity index (χ1v) is 11.2. The van der Waals surface area contributed by atoms with Crippen LogP contribution in [0.3, 0.4) is 0 Å². The van der Waals surface area contributed by atoms with Gasteiger partial charge in [-0.3, -0.25) is 14.2 Å². The van der Waals surface area contributed by atoms with E-state index in [0.717, 1.165) is 0 Å². The highest BCUT2D eigenvalue weighted by atomic mass is 35.5. The molecule has 3 heterocycles. The summed E-state index contributed by atoms with van der Waals surface area (Å²) in [7, 11) is 1.71. The number of ether oxygens (including phenoxy) is 1. The molecule has 0 aromatic carbocycles. The van der Waals surface area contributed by atoms with Crippen molar-refractivity contribution in [2.75, 3.05) is 12.4 Å². The van der Waals surface area contributed by atoms with E-state index >= 15 is 0 Å². The average Bonchev–Trinajstić information content (AvgIpc) is 3.03. The average molecular weight is 475 g/mol. The van der Waals surface area contributed by atoms with Crippen LogP contribution in [0.4, 0.5) is 16.3 Å². The van der Waals surface area contributed by atoms with Crippen LogP contribution in [-0.4, -0.2) is 50.1 Å². The number of carbonyl (C=O) groups is 2. The Balaban J connectivity index is 1.60. The summed E-state index contributed by atoms with van der Waals surface area (Å²) >= 11 is 6.43. The smallest absolute Gasteiger partial charge is 0.410 e. The van der Waals surface area contributed by atoms with Crippen LogP contribution < -0.4 is 16.2 Å². The summed E-state index contributed by atoms with van der Waals surface area (Å²) in [6.07, 6.45) is 4.64. The number of hydrogen-bond acceptors (Lipinski definition) is 7.